The van der Waals surface area contributed by atoms with Gasteiger partial charge in [0.15, 0.2) is 0 Å². The largest absolute Gasteiger partial charge is 0.382 e. The van der Waals surface area contributed by atoms with Gasteiger partial charge in [-0.3, -0.25) is 9.59 Å². The molecule has 1 aliphatic heterocycles. The molecule has 1 N–H and O–H groups in total. The summed E-state index contributed by atoms with van der Waals surface area (Å²) in [6, 6.07) is 6.49. The van der Waals surface area contributed by atoms with E-state index >= 15 is 0 Å². The SMILES string of the molecule is COCC1(CC(=O)NCCc2ccccc2F)CN(C(C)=O)CCO1. The molecule has 1 aromatic rings. The van der Waals surface area contributed by atoms with Gasteiger partial charge in [-0.15, -0.1) is 0 Å². The molecule has 7 heteroatoms. The van der Waals surface area contributed by atoms with Crippen molar-refractivity contribution in [1.82, 2.24) is 10.2 Å². The van der Waals surface area contributed by atoms with Crippen LogP contribution in [0.3, 0.4) is 0 Å². The Hall–Kier alpha value is -1.99. The molecule has 2 amide bonds. The number of halogens is 1. The van der Waals surface area contributed by atoms with Crippen LogP contribution < -0.4 is 5.32 Å². The highest BCUT2D eigenvalue weighted by Crippen LogP contribution is 2.23. The van der Waals surface area contributed by atoms with Crippen LogP contribution >= 0.6 is 0 Å². The number of rotatable bonds is 7. The second-order valence-electron chi connectivity index (χ2n) is 6.27. The highest BCUT2D eigenvalue weighted by molar-refractivity contribution is 5.78. The smallest absolute Gasteiger partial charge is 0.223 e. The number of amides is 2. The maximum Gasteiger partial charge on any atom is 0.223 e. The minimum Gasteiger partial charge on any atom is -0.382 e. The highest BCUT2D eigenvalue weighted by atomic mass is 19.1. The maximum atomic E-state index is 13.6. The number of methoxy groups -OCH3 is 1. The van der Waals surface area contributed by atoms with E-state index in [9.17, 15) is 14.0 Å². The number of nitrogens with one attached hydrogen (secondary N) is 1. The molecule has 1 saturated heterocycles. The van der Waals surface area contributed by atoms with Gasteiger partial charge in [-0.2, -0.15) is 0 Å². The van der Waals surface area contributed by atoms with Crippen LogP contribution in [0.25, 0.3) is 0 Å². The summed E-state index contributed by atoms with van der Waals surface area (Å²) in [6.07, 6.45) is 0.498. The zero-order valence-electron chi connectivity index (χ0n) is 14.7. The third-order valence-corrected chi connectivity index (χ3v) is 4.26. The van der Waals surface area contributed by atoms with E-state index in [1.54, 1.807) is 23.1 Å². The van der Waals surface area contributed by atoms with Crippen molar-refractivity contribution in [3.8, 4) is 0 Å². The lowest BCUT2D eigenvalue weighted by molar-refractivity contribution is -0.165. The van der Waals surface area contributed by atoms with Crippen LogP contribution in [0.1, 0.15) is 18.9 Å². The molecule has 6 nitrogen and oxygen atoms in total. The second-order valence-corrected chi connectivity index (χ2v) is 6.27. The van der Waals surface area contributed by atoms with Gasteiger partial charge in [0.25, 0.3) is 0 Å². The summed E-state index contributed by atoms with van der Waals surface area (Å²) in [6.45, 7) is 3.24. The molecular formula is C18H25FN2O4. The zero-order valence-corrected chi connectivity index (χ0v) is 14.7. The number of carbonyl (C=O) groups excluding carboxylic acids is 2. The molecule has 0 spiro atoms. The first-order valence-corrected chi connectivity index (χ1v) is 8.34. The fraction of sp³-hybridized carbons (Fsp3) is 0.556. The monoisotopic (exact) mass is 352 g/mol. The minimum atomic E-state index is -0.846. The first kappa shape index (κ1) is 19.3. The fourth-order valence-corrected chi connectivity index (χ4v) is 3.01. The topological polar surface area (TPSA) is 67.9 Å². The Bertz CT molecular complexity index is 606. The molecule has 1 heterocycles. The van der Waals surface area contributed by atoms with Crippen LogP contribution in [-0.4, -0.2) is 62.3 Å². The quantitative estimate of drug-likeness (QED) is 0.799. The summed E-state index contributed by atoms with van der Waals surface area (Å²) in [5.74, 6) is -0.539. The van der Waals surface area contributed by atoms with Crippen LogP contribution in [0.15, 0.2) is 24.3 Å². The normalized spacial score (nSPS) is 20.4. The Morgan fingerprint density at radius 2 is 2.16 bits per heavy atom. The lowest BCUT2D eigenvalue weighted by Crippen LogP contribution is -2.57. The summed E-state index contributed by atoms with van der Waals surface area (Å²) in [7, 11) is 1.54. The molecule has 25 heavy (non-hydrogen) atoms. The van der Waals surface area contributed by atoms with E-state index in [1.165, 1.54) is 20.1 Å². The maximum absolute atomic E-state index is 13.6. The van der Waals surface area contributed by atoms with E-state index in [1.807, 2.05) is 0 Å². The Morgan fingerprint density at radius 3 is 2.84 bits per heavy atom. The lowest BCUT2D eigenvalue weighted by atomic mass is 9.97. The molecule has 1 aliphatic rings. The number of hydrogen-bond donors (Lipinski definition) is 1. The zero-order chi connectivity index (χ0) is 18.3. The van der Waals surface area contributed by atoms with E-state index in [-0.39, 0.29) is 30.7 Å². The Balaban J connectivity index is 1.89. The van der Waals surface area contributed by atoms with Gasteiger partial charge in [-0.25, -0.2) is 4.39 Å². The van der Waals surface area contributed by atoms with E-state index < -0.39 is 5.60 Å². The van der Waals surface area contributed by atoms with Crippen LogP contribution in [0.4, 0.5) is 4.39 Å². The van der Waals surface area contributed by atoms with Gasteiger partial charge >= 0.3 is 0 Å². The van der Waals surface area contributed by atoms with Crippen molar-refractivity contribution < 1.29 is 23.5 Å². The summed E-state index contributed by atoms with van der Waals surface area (Å²) < 4.78 is 24.6. The highest BCUT2D eigenvalue weighted by Gasteiger charge is 2.39. The molecular weight excluding hydrogens is 327 g/mol. The van der Waals surface area contributed by atoms with Gasteiger partial charge in [0.1, 0.15) is 11.4 Å². The predicted octanol–water partition coefficient (Wildman–Crippen LogP) is 1.14. The molecule has 138 valence electrons. The number of benzene rings is 1. The number of hydrogen-bond acceptors (Lipinski definition) is 4. The lowest BCUT2D eigenvalue weighted by Gasteiger charge is -2.41. The molecule has 0 radical (unpaired) electrons. The Morgan fingerprint density at radius 1 is 1.40 bits per heavy atom. The number of nitrogens with zero attached hydrogens (tertiary/aromatic N) is 1. The summed E-state index contributed by atoms with van der Waals surface area (Å²) in [4.78, 5) is 25.6. The van der Waals surface area contributed by atoms with Gasteiger partial charge in [-0.1, -0.05) is 18.2 Å². The molecule has 1 atom stereocenters. The van der Waals surface area contributed by atoms with Crippen molar-refractivity contribution in [2.75, 3.05) is 40.0 Å². The van der Waals surface area contributed by atoms with Gasteiger partial charge in [0, 0.05) is 27.1 Å². The van der Waals surface area contributed by atoms with Crippen molar-refractivity contribution in [3.05, 3.63) is 35.6 Å². The van der Waals surface area contributed by atoms with E-state index in [0.29, 0.717) is 38.2 Å². The van der Waals surface area contributed by atoms with Crippen LogP contribution in [-0.2, 0) is 25.5 Å². The molecule has 0 aliphatic carbocycles. The van der Waals surface area contributed by atoms with E-state index in [2.05, 4.69) is 5.32 Å². The molecule has 0 aromatic heterocycles. The van der Waals surface area contributed by atoms with E-state index in [4.69, 9.17) is 9.47 Å². The summed E-state index contributed by atoms with van der Waals surface area (Å²) in [5, 5.41) is 2.79. The molecule has 0 bridgehead atoms. The molecule has 1 aromatic carbocycles. The van der Waals surface area contributed by atoms with Gasteiger partial charge in [0.05, 0.1) is 26.2 Å². The van der Waals surface area contributed by atoms with Gasteiger partial charge in [-0.05, 0) is 18.1 Å². The summed E-state index contributed by atoms with van der Waals surface area (Å²) in [5.41, 5.74) is -0.285. The fourth-order valence-electron chi connectivity index (χ4n) is 3.01. The Labute approximate surface area is 147 Å². The standard InChI is InChI=1S/C18H25FN2O4/c1-14(22)21-9-10-25-18(12-21,13-24-2)11-17(23)20-8-7-15-5-3-4-6-16(15)19/h3-6H,7-13H2,1-2H3,(H,20,23). The average Bonchev–Trinajstić information content (AvgIpc) is 2.57. The number of ether oxygens (including phenoxy) is 2. The number of morpholine rings is 1. The van der Waals surface area contributed by atoms with Crippen molar-refractivity contribution in [2.45, 2.75) is 25.4 Å². The summed E-state index contributed by atoms with van der Waals surface area (Å²) >= 11 is 0. The molecule has 1 fully saturated rings. The van der Waals surface area contributed by atoms with Crippen molar-refractivity contribution in [2.24, 2.45) is 0 Å². The second kappa shape index (κ2) is 8.92. The molecule has 0 saturated carbocycles. The van der Waals surface area contributed by atoms with Gasteiger partial charge in [0.2, 0.25) is 11.8 Å². The van der Waals surface area contributed by atoms with Crippen LogP contribution in [0, 0.1) is 5.82 Å². The van der Waals surface area contributed by atoms with Crippen molar-refractivity contribution >= 4 is 11.8 Å². The third kappa shape index (κ3) is 5.51. The first-order valence-electron chi connectivity index (χ1n) is 8.34. The first-order chi connectivity index (χ1) is 12.0. The van der Waals surface area contributed by atoms with Crippen LogP contribution in [0.5, 0.6) is 0 Å². The molecule has 1 unspecified atom stereocenters. The van der Waals surface area contributed by atoms with Crippen LogP contribution in [0.2, 0.25) is 0 Å². The van der Waals surface area contributed by atoms with Crippen molar-refractivity contribution in [3.63, 3.8) is 0 Å². The van der Waals surface area contributed by atoms with Crippen molar-refractivity contribution in [1.29, 1.82) is 0 Å². The molecule has 2 rings (SSSR count). The van der Waals surface area contributed by atoms with E-state index in [0.717, 1.165) is 0 Å². The van der Waals surface area contributed by atoms with Gasteiger partial charge < -0.3 is 19.7 Å². The Kier molecular flexibility index (Phi) is 6.90. The predicted molar refractivity (Wildman–Crippen MR) is 90.5 cm³/mol. The third-order valence-electron chi connectivity index (χ3n) is 4.26. The minimum absolute atomic E-state index is 0.0521. The average molecular weight is 352 g/mol. The number of carbonyl (C=O) groups is 2.